The maximum Gasteiger partial charge on any atom is 0.164 e. The molecule has 2 nitrogen and oxygen atoms in total. The molecule has 0 bridgehead atoms. The van der Waals surface area contributed by atoms with Gasteiger partial charge in [-0.05, 0) is 17.5 Å². The number of ether oxygens (including phenoxy) is 2. The molecule has 2 heteroatoms. The van der Waals surface area contributed by atoms with Gasteiger partial charge in [-0.15, -0.1) is 0 Å². The minimum absolute atomic E-state index is 0.537. The molecule has 0 amide bonds. The molecular formula is C12H16O2. The van der Waals surface area contributed by atoms with Crippen LogP contribution in [-0.4, -0.2) is 13.7 Å². The van der Waals surface area contributed by atoms with Crippen LogP contribution in [-0.2, 0) is 6.42 Å². The molecular weight excluding hydrogens is 176 g/mol. The van der Waals surface area contributed by atoms with E-state index in [0.29, 0.717) is 5.92 Å². The Bertz CT molecular complexity index is 342. The maximum atomic E-state index is 5.53. The average molecular weight is 192 g/mol. The van der Waals surface area contributed by atoms with Gasteiger partial charge in [-0.1, -0.05) is 19.9 Å². The highest BCUT2D eigenvalue weighted by Gasteiger charge is 2.19. The van der Waals surface area contributed by atoms with Gasteiger partial charge in [0.2, 0.25) is 0 Å². The standard InChI is InChI=1S/C12H16O2/c1-8(2)10-6-9-4-5-14-12(9)11(7-10)13-3/h6-8H,4-5H2,1-3H3. The zero-order chi connectivity index (χ0) is 10.1. The molecule has 0 aromatic heterocycles. The van der Waals surface area contributed by atoms with Gasteiger partial charge in [-0.3, -0.25) is 0 Å². The van der Waals surface area contributed by atoms with Crippen LogP contribution >= 0.6 is 0 Å². The topological polar surface area (TPSA) is 18.5 Å². The third kappa shape index (κ3) is 1.45. The first-order chi connectivity index (χ1) is 6.72. The summed E-state index contributed by atoms with van der Waals surface area (Å²) in [6, 6.07) is 4.31. The molecule has 1 heterocycles. The molecule has 0 radical (unpaired) electrons. The lowest BCUT2D eigenvalue weighted by Gasteiger charge is -2.11. The summed E-state index contributed by atoms with van der Waals surface area (Å²) in [5.74, 6) is 2.36. The van der Waals surface area contributed by atoms with Gasteiger partial charge in [0, 0.05) is 12.0 Å². The van der Waals surface area contributed by atoms with Crippen molar-refractivity contribution in [1.82, 2.24) is 0 Å². The Kier molecular flexibility index (Phi) is 2.36. The van der Waals surface area contributed by atoms with Crippen LogP contribution in [0.2, 0.25) is 0 Å². The highest BCUT2D eigenvalue weighted by molar-refractivity contribution is 5.51. The molecule has 0 aliphatic carbocycles. The predicted molar refractivity (Wildman–Crippen MR) is 56.3 cm³/mol. The summed E-state index contributed by atoms with van der Waals surface area (Å²) in [5.41, 5.74) is 2.61. The normalized spacial score (nSPS) is 14.0. The molecule has 0 N–H and O–H groups in total. The van der Waals surface area contributed by atoms with Gasteiger partial charge in [0.05, 0.1) is 13.7 Å². The maximum absolute atomic E-state index is 5.53. The molecule has 0 atom stereocenters. The van der Waals surface area contributed by atoms with Crippen molar-refractivity contribution < 1.29 is 9.47 Å². The monoisotopic (exact) mass is 192 g/mol. The van der Waals surface area contributed by atoms with Gasteiger partial charge >= 0.3 is 0 Å². The largest absolute Gasteiger partial charge is 0.493 e. The highest BCUT2D eigenvalue weighted by Crippen LogP contribution is 2.38. The summed E-state index contributed by atoms with van der Waals surface area (Å²) in [5, 5.41) is 0. The van der Waals surface area contributed by atoms with E-state index in [-0.39, 0.29) is 0 Å². The van der Waals surface area contributed by atoms with E-state index in [1.54, 1.807) is 7.11 Å². The molecule has 0 spiro atoms. The Balaban J connectivity index is 2.49. The van der Waals surface area contributed by atoms with Gasteiger partial charge < -0.3 is 9.47 Å². The lowest BCUT2D eigenvalue weighted by Crippen LogP contribution is -1.93. The zero-order valence-electron chi connectivity index (χ0n) is 8.96. The third-order valence-corrected chi connectivity index (χ3v) is 2.66. The van der Waals surface area contributed by atoms with Crippen LogP contribution in [0, 0.1) is 0 Å². The minimum atomic E-state index is 0.537. The second-order valence-electron chi connectivity index (χ2n) is 3.96. The molecule has 14 heavy (non-hydrogen) atoms. The molecule has 1 aromatic rings. The fraction of sp³-hybridized carbons (Fsp3) is 0.500. The van der Waals surface area contributed by atoms with E-state index < -0.39 is 0 Å². The Hall–Kier alpha value is -1.18. The summed E-state index contributed by atoms with van der Waals surface area (Å²) in [6.07, 6.45) is 1.01. The SMILES string of the molecule is COc1cc(C(C)C)cc2c1OCC2. The van der Waals surface area contributed by atoms with Crippen molar-refractivity contribution in [3.05, 3.63) is 23.3 Å². The number of fused-ring (bicyclic) bond motifs is 1. The lowest BCUT2D eigenvalue weighted by molar-refractivity contribution is 0.326. The summed E-state index contributed by atoms with van der Waals surface area (Å²) < 4.78 is 10.9. The van der Waals surface area contributed by atoms with E-state index in [4.69, 9.17) is 9.47 Å². The third-order valence-electron chi connectivity index (χ3n) is 2.66. The van der Waals surface area contributed by atoms with Crippen LogP contribution in [0.25, 0.3) is 0 Å². The van der Waals surface area contributed by atoms with E-state index in [1.807, 2.05) is 0 Å². The van der Waals surface area contributed by atoms with E-state index in [9.17, 15) is 0 Å². The molecule has 2 rings (SSSR count). The van der Waals surface area contributed by atoms with E-state index in [2.05, 4.69) is 26.0 Å². The summed E-state index contributed by atoms with van der Waals surface area (Å²) >= 11 is 0. The van der Waals surface area contributed by atoms with Crippen LogP contribution in [0.1, 0.15) is 30.9 Å². The second-order valence-corrected chi connectivity index (χ2v) is 3.96. The van der Waals surface area contributed by atoms with Gasteiger partial charge in [0.15, 0.2) is 11.5 Å². The minimum Gasteiger partial charge on any atom is -0.493 e. The van der Waals surface area contributed by atoms with Crippen molar-refractivity contribution in [2.45, 2.75) is 26.2 Å². The predicted octanol–water partition coefficient (Wildman–Crippen LogP) is 2.75. The number of hydrogen-bond donors (Lipinski definition) is 0. The van der Waals surface area contributed by atoms with Crippen molar-refractivity contribution >= 4 is 0 Å². The number of rotatable bonds is 2. The number of hydrogen-bond acceptors (Lipinski definition) is 2. The Morgan fingerprint density at radius 3 is 2.79 bits per heavy atom. The van der Waals surface area contributed by atoms with Gasteiger partial charge in [-0.2, -0.15) is 0 Å². The Labute approximate surface area is 84.8 Å². The summed E-state index contributed by atoms with van der Waals surface area (Å²) in [4.78, 5) is 0. The molecule has 1 aliphatic heterocycles. The van der Waals surface area contributed by atoms with Crippen LogP contribution in [0.4, 0.5) is 0 Å². The first-order valence-corrected chi connectivity index (χ1v) is 5.06. The summed E-state index contributed by atoms with van der Waals surface area (Å²) in [7, 11) is 1.70. The first kappa shape index (κ1) is 9.38. The van der Waals surface area contributed by atoms with E-state index in [1.165, 1.54) is 11.1 Å². The lowest BCUT2D eigenvalue weighted by atomic mass is 9.99. The van der Waals surface area contributed by atoms with Crippen molar-refractivity contribution in [2.24, 2.45) is 0 Å². The second kappa shape index (κ2) is 3.52. The molecule has 0 unspecified atom stereocenters. The van der Waals surface area contributed by atoms with E-state index >= 15 is 0 Å². The quantitative estimate of drug-likeness (QED) is 0.717. The molecule has 0 saturated heterocycles. The highest BCUT2D eigenvalue weighted by atomic mass is 16.5. The Morgan fingerprint density at radius 2 is 2.14 bits per heavy atom. The molecule has 0 saturated carbocycles. The first-order valence-electron chi connectivity index (χ1n) is 5.06. The number of methoxy groups -OCH3 is 1. The van der Waals surface area contributed by atoms with Crippen molar-refractivity contribution in [3.63, 3.8) is 0 Å². The van der Waals surface area contributed by atoms with Crippen LogP contribution in [0.15, 0.2) is 12.1 Å². The smallest absolute Gasteiger partial charge is 0.164 e. The molecule has 0 fully saturated rings. The fourth-order valence-electron chi connectivity index (χ4n) is 1.78. The van der Waals surface area contributed by atoms with Crippen LogP contribution < -0.4 is 9.47 Å². The van der Waals surface area contributed by atoms with Gasteiger partial charge in [0.25, 0.3) is 0 Å². The van der Waals surface area contributed by atoms with Crippen molar-refractivity contribution in [1.29, 1.82) is 0 Å². The molecule has 1 aliphatic rings. The van der Waals surface area contributed by atoms with E-state index in [0.717, 1.165) is 24.5 Å². The average Bonchev–Trinajstić information content (AvgIpc) is 2.63. The fourth-order valence-corrected chi connectivity index (χ4v) is 1.78. The van der Waals surface area contributed by atoms with Crippen LogP contribution in [0.3, 0.4) is 0 Å². The zero-order valence-corrected chi connectivity index (χ0v) is 8.96. The molecule has 1 aromatic carbocycles. The Morgan fingerprint density at radius 1 is 1.36 bits per heavy atom. The van der Waals surface area contributed by atoms with Gasteiger partial charge in [-0.25, -0.2) is 0 Å². The number of benzene rings is 1. The van der Waals surface area contributed by atoms with Crippen molar-refractivity contribution in [3.8, 4) is 11.5 Å². The molecule has 76 valence electrons. The summed E-state index contributed by atoms with van der Waals surface area (Å²) in [6.45, 7) is 5.17. The van der Waals surface area contributed by atoms with Crippen molar-refractivity contribution in [2.75, 3.05) is 13.7 Å². The van der Waals surface area contributed by atoms with Gasteiger partial charge in [0.1, 0.15) is 0 Å². The van der Waals surface area contributed by atoms with Crippen LogP contribution in [0.5, 0.6) is 11.5 Å².